The van der Waals surface area contributed by atoms with Gasteiger partial charge in [-0.25, -0.2) is 4.98 Å². The summed E-state index contributed by atoms with van der Waals surface area (Å²) in [5, 5.41) is 3.44. The summed E-state index contributed by atoms with van der Waals surface area (Å²) in [4.78, 5) is 31.4. The Labute approximate surface area is 203 Å². The zero-order valence-electron chi connectivity index (χ0n) is 19.7. The molecular formula is C27H27N3O3S. The van der Waals surface area contributed by atoms with Crippen molar-refractivity contribution >= 4 is 34.3 Å². The predicted octanol–water partition coefficient (Wildman–Crippen LogP) is 5.52. The van der Waals surface area contributed by atoms with Crippen LogP contribution in [0.4, 0.5) is 5.69 Å². The molecule has 0 aliphatic heterocycles. The minimum Gasteiger partial charge on any atom is -0.492 e. The Morgan fingerprint density at radius 2 is 1.82 bits per heavy atom. The molecule has 7 heteroatoms. The van der Waals surface area contributed by atoms with Gasteiger partial charge in [-0.15, -0.1) is 0 Å². The van der Waals surface area contributed by atoms with E-state index in [-0.39, 0.29) is 11.5 Å². The van der Waals surface area contributed by atoms with Crippen LogP contribution in [0.3, 0.4) is 0 Å². The Balaban J connectivity index is 1.72. The Hall–Kier alpha value is -3.58. The van der Waals surface area contributed by atoms with Crippen LogP contribution in [0.15, 0.2) is 76.7 Å². The fourth-order valence-corrected chi connectivity index (χ4v) is 4.68. The zero-order valence-corrected chi connectivity index (χ0v) is 20.5. The van der Waals surface area contributed by atoms with Gasteiger partial charge >= 0.3 is 0 Å². The van der Waals surface area contributed by atoms with E-state index in [1.807, 2.05) is 75.4 Å². The quantitative estimate of drug-likeness (QED) is 0.283. The van der Waals surface area contributed by atoms with Crippen LogP contribution >= 0.6 is 11.8 Å². The molecule has 1 N–H and O–H groups in total. The summed E-state index contributed by atoms with van der Waals surface area (Å²) < 4.78 is 7.23. The second-order valence-corrected chi connectivity index (χ2v) is 9.33. The standard InChI is InChI=1S/C27H27N3O3S/c1-5-33-24-13-9-8-12-22(24)28-25(31)19(4)34-27-29-21-11-7-6-10-20(21)26(32)30(27)23-15-14-17(2)16-18(23)3/h6-16,19H,5H2,1-4H3,(H,28,31). The SMILES string of the molecule is CCOc1ccccc1NC(=O)C(C)Sc1nc2ccccc2c(=O)n1-c1ccc(C)cc1C. The summed E-state index contributed by atoms with van der Waals surface area (Å²) in [5.41, 5.74) is 3.88. The van der Waals surface area contributed by atoms with Crippen molar-refractivity contribution in [1.82, 2.24) is 9.55 Å². The third-order valence-electron chi connectivity index (χ3n) is 5.43. The van der Waals surface area contributed by atoms with Crippen molar-refractivity contribution in [3.63, 3.8) is 0 Å². The van der Waals surface area contributed by atoms with Crippen molar-refractivity contribution in [1.29, 1.82) is 0 Å². The molecule has 174 valence electrons. The van der Waals surface area contributed by atoms with E-state index in [0.717, 1.165) is 16.8 Å². The predicted molar refractivity (Wildman–Crippen MR) is 138 cm³/mol. The summed E-state index contributed by atoms with van der Waals surface area (Å²) in [6.45, 7) is 8.19. The molecule has 1 amide bonds. The topological polar surface area (TPSA) is 73.2 Å². The average Bonchev–Trinajstić information content (AvgIpc) is 2.81. The molecule has 0 aliphatic rings. The van der Waals surface area contributed by atoms with Crippen molar-refractivity contribution < 1.29 is 9.53 Å². The number of thioether (sulfide) groups is 1. The number of benzene rings is 3. The number of nitrogens with zero attached hydrogens (tertiary/aromatic N) is 2. The van der Waals surface area contributed by atoms with Crippen LogP contribution in [0.1, 0.15) is 25.0 Å². The molecule has 0 spiro atoms. The second-order valence-electron chi connectivity index (χ2n) is 8.02. The van der Waals surface area contributed by atoms with Gasteiger partial charge < -0.3 is 10.1 Å². The van der Waals surface area contributed by atoms with Crippen LogP contribution < -0.4 is 15.6 Å². The van der Waals surface area contributed by atoms with E-state index in [2.05, 4.69) is 5.32 Å². The minimum absolute atomic E-state index is 0.158. The van der Waals surface area contributed by atoms with Gasteiger partial charge in [-0.2, -0.15) is 0 Å². The number of amides is 1. The number of rotatable bonds is 7. The lowest BCUT2D eigenvalue weighted by Crippen LogP contribution is -2.26. The number of carbonyl (C=O) groups is 1. The van der Waals surface area contributed by atoms with Crippen molar-refractivity contribution in [2.75, 3.05) is 11.9 Å². The number of aromatic nitrogens is 2. The number of hydrogen-bond acceptors (Lipinski definition) is 5. The lowest BCUT2D eigenvalue weighted by molar-refractivity contribution is -0.115. The summed E-state index contributed by atoms with van der Waals surface area (Å²) >= 11 is 1.25. The molecular weight excluding hydrogens is 446 g/mol. The van der Waals surface area contributed by atoms with E-state index in [1.54, 1.807) is 23.6 Å². The maximum atomic E-state index is 13.5. The van der Waals surface area contributed by atoms with Crippen molar-refractivity contribution in [3.8, 4) is 11.4 Å². The van der Waals surface area contributed by atoms with E-state index in [4.69, 9.17) is 9.72 Å². The van der Waals surface area contributed by atoms with Gasteiger partial charge in [0.2, 0.25) is 5.91 Å². The van der Waals surface area contributed by atoms with Crippen LogP contribution in [0.5, 0.6) is 5.75 Å². The smallest absolute Gasteiger partial charge is 0.266 e. The highest BCUT2D eigenvalue weighted by atomic mass is 32.2. The number of hydrogen-bond donors (Lipinski definition) is 1. The fraction of sp³-hybridized carbons (Fsp3) is 0.222. The molecule has 1 aromatic heterocycles. The summed E-state index contributed by atoms with van der Waals surface area (Å²) in [7, 11) is 0. The number of anilines is 1. The largest absolute Gasteiger partial charge is 0.492 e. The molecule has 1 atom stereocenters. The maximum absolute atomic E-state index is 13.5. The Morgan fingerprint density at radius 1 is 1.09 bits per heavy atom. The Kier molecular flexibility index (Phi) is 7.03. The summed E-state index contributed by atoms with van der Waals surface area (Å²) in [6, 6.07) is 20.5. The fourth-order valence-electron chi connectivity index (χ4n) is 3.76. The lowest BCUT2D eigenvalue weighted by atomic mass is 10.1. The van der Waals surface area contributed by atoms with Crippen LogP contribution in [0, 0.1) is 13.8 Å². The second kappa shape index (κ2) is 10.1. The number of para-hydroxylation sites is 3. The highest BCUT2D eigenvalue weighted by Gasteiger charge is 2.22. The van der Waals surface area contributed by atoms with E-state index in [0.29, 0.717) is 34.1 Å². The summed E-state index contributed by atoms with van der Waals surface area (Å²) in [5.74, 6) is 0.415. The molecule has 0 fully saturated rings. The molecule has 0 bridgehead atoms. The average molecular weight is 474 g/mol. The van der Waals surface area contributed by atoms with E-state index in [1.165, 1.54) is 11.8 Å². The number of fused-ring (bicyclic) bond motifs is 1. The molecule has 1 heterocycles. The third-order valence-corrected chi connectivity index (χ3v) is 6.49. The summed E-state index contributed by atoms with van der Waals surface area (Å²) in [6.07, 6.45) is 0. The van der Waals surface area contributed by atoms with Crippen LogP contribution in [-0.4, -0.2) is 27.3 Å². The van der Waals surface area contributed by atoms with Gasteiger partial charge in [0, 0.05) is 0 Å². The van der Waals surface area contributed by atoms with Crippen LogP contribution in [0.25, 0.3) is 16.6 Å². The maximum Gasteiger partial charge on any atom is 0.266 e. The zero-order chi connectivity index (χ0) is 24.2. The Morgan fingerprint density at radius 3 is 2.59 bits per heavy atom. The molecule has 1 unspecified atom stereocenters. The number of carbonyl (C=O) groups excluding carboxylic acids is 1. The van der Waals surface area contributed by atoms with E-state index >= 15 is 0 Å². The molecule has 3 aromatic carbocycles. The molecule has 4 aromatic rings. The van der Waals surface area contributed by atoms with Gasteiger partial charge in [0.1, 0.15) is 5.75 Å². The van der Waals surface area contributed by atoms with Crippen LogP contribution in [-0.2, 0) is 4.79 Å². The highest BCUT2D eigenvalue weighted by molar-refractivity contribution is 8.00. The number of nitrogens with one attached hydrogen (secondary N) is 1. The third kappa shape index (κ3) is 4.84. The van der Waals surface area contributed by atoms with Crippen molar-refractivity contribution in [2.24, 2.45) is 0 Å². The van der Waals surface area contributed by atoms with Gasteiger partial charge in [0.15, 0.2) is 5.16 Å². The Bertz CT molecular complexity index is 1410. The molecule has 0 saturated carbocycles. The normalized spacial score (nSPS) is 11.9. The number of aryl methyl sites for hydroxylation is 2. The molecule has 0 aliphatic carbocycles. The van der Waals surface area contributed by atoms with Gasteiger partial charge in [0.05, 0.1) is 34.1 Å². The van der Waals surface area contributed by atoms with E-state index in [9.17, 15) is 9.59 Å². The monoisotopic (exact) mass is 473 g/mol. The first-order chi connectivity index (χ1) is 16.4. The van der Waals surface area contributed by atoms with E-state index < -0.39 is 5.25 Å². The first-order valence-electron chi connectivity index (χ1n) is 11.2. The first-order valence-corrected chi connectivity index (χ1v) is 12.1. The molecule has 0 radical (unpaired) electrons. The molecule has 6 nitrogen and oxygen atoms in total. The van der Waals surface area contributed by atoms with Crippen molar-refractivity contribution in [2.45, 2.75) is 38.1 Å². The first kappa shape index (κ1) is 23.6. The molecule has 4 rings (SSSR count). The lowest BCUT2D eigenvalue weighted by Gasteiger charge is -2.18. The minimum atomic E-state index is -0.514. The van der Waals surface area contributed by atoms with Gasteiger partial charge in [-0.05, 0) is 63.6 Å². The highest BCUT2D eigenvalue weighted by Crippen LogP contribution is 2.29. The molecule has 34 heavy (non-hydrogen) atoms. The van der Waals surface area contributed by atoms with Crippen molar-refractivity contribution in [3.05, 3.63) is 88.2 Å². The number of ether oxygens (including phenoxy) is 1. The van der Waals surface area contributed by atoms with Crippen LogP contribution in [0.2, 0.25) is 0 Å². The van der Waals surface area contributed by atoms with Gasteiger partial charge in [-0.3, -0.25) is 14.2 Å². The van der Waals surface area contributed by atoms with Gasteiger partial charge in [-0.1, -0.05) is 53.7 Å². The van der Waals surface area contributed by atoms with Gasteiger partial charge in [0.25, 0.3) is 5.56 Å². The molecule has 0 saturated heterocycles.